The van der Waals surface area contributed by atoms with Gasteiger partial charge >= 0.3 is 0 Å². The fraction of sp³-hybridized carbons (Fsp3) is 0.273. The normalized spacial score (nSPS) is 13.1. The van der Waals surface area contributed by atoms with Crippen molar-refractivity contribution >= 4 is 11.3 Å². The second-order valence-electron chi connectivity index (χ2n) is 6.38. The Labute approximate surface area is 164 Å². The highest BCUT2D eigenvalue weighted by Crippen LogP contribution is 2.29. The quantitative estimate of drug-likeness (QED) is 0.569. The lowest BCUT2D eigenvalue weighted by Crippen LogP contribution is -2.31. The van der Waals surface area contributed by atoms with Gasteiger partial charge < -0.3 is 19.9 Å². The van der Waals surface area contributed by atoms with Crippen molar-refractivity contribution in [2.45, 2.75) is 32.2 Å². The SMILES string of the molecule is COc1cc(CN[C@@H](C)[C@H](O)c2ccccc2)ccc1OCc1cccs1. The first-order valence-corrected chi connectivity index (χ1v) is 9.84. The van der Waals surface area contributed by atoms with Gasteiger partial charge in [-0.05, 0) is 41.6 Å². The molecule has 0 fully saturated rings. The lowest BCUT2D eigenvalue weighted by Gasteiger charge is -2.21. The summed E-state index contributed by atoms with van der Waals surface area (Å²) in [5.41, 5.74) is 1.98. The van der Waals surface area contributed by atoms with E-state index in [2.05, 4.69) is 11.4 Å². The summed E-state index contributed by atoms with van der Waals surface area (Å²) in [5.74, 6) is 1.44. The molecule has 0 aliphatic heterocycles. The highest BCUT2D eigenvalue weighted by molar-refractivity contribution is 7.09. The minimum absolute atomic E-state index is 0.0758. The maximum atomic E-state index is 10.5. The molecular weight excluding hydrogens is 358 g/mol. The van der Waals surface area contributed by atoms with Crippen LogP contribution in [0.1, 0.15) is 29.0 Å². The van der Waals surface area contributed by atoms with E-state index in [9.17, 15) is 5.11 Å². The number of nitrogens with one attached hydrogen (secondary N) is 1. The van der Waals surface area contributed by atoms with E-state index < -0.39 is 6.10 Å². The number of ether oxygens (including phenoxy) is 2. The van der Waals surface area contributed by atoms with Crippen LogP contribution in [0.3, 0.4) is 0 Å². The van der Waals surface area contributed by atoms with Crippen LogP contribution in [0.25, 0.3) is 0 Å². The van der Waals surface area contributed by atoms with Crippen LogP contribution in [0.5, 0.6) is 11.5 Å². The molecule has 4 nitrogen and oxygen atoms in total. The molecule has 27 heavy (non-hydrogen) atoms. The Kier molecular flexibility index (Phi) is 6.87. The van der Waals surface area contributed by atoms with Crippen LogP contribution in [0.4, 0.5) is 0 Å². The third-order valence-electron chi connectivity index (χ3n) is 4.42. The van der Waals surface area contributed by atoms with E-state index in [-0.39, 0.29) is 6.04 Å². The third kappa shape index (κ3) is 5.32. The molecule has 1 aromatic heterocycles. The summed E-state index contributed by atoms with van der Waals surface area (Å²) < 4.78 is 11.4. The summed E-state index contributed by atoms with van der Waals surface area (Å²) >= 11 is 1.67. The minimum Gasteiger partial charge on any atom is -0.493 e. The van der Waals surface area contributed by atoms with Gasteiger partial charge in [-0.25, -0.2) is 0 Å². The van der Waals surface area contributed by atoms with Crippen molar-refractivity contribution in [1.29, 1.82) is 0 Å². The summed E-state index contributed by atoms with van der Waals surface area (Å²) in [4.78, 5) is 1.17. The number of thiophene rings is 1. The first-order valence-electron chi connectivity index (χ1n) is 8.96. The number of hydrogen-bond acceptors (Lipinski definition) is 5. The molecule has 5 heteroatoms. The standard InChI is InChI=1S/C22H25NO3S/c1-16(22(24)18-7-4-3-5-8-18)23-14-17-10-11-20(21(13-17)25-2)26-15-19-9-6-12-27-19/h3-13,16,22-24H,14-15H2,1-2H3/t16-,22-/m0/s1. The van der Waals surface area contributed by atoms with Gasteiger partial charge in [0.05, 0.1) is 13.2 Å². The van der Waals surface area contributed by atoms with Crippen LogP contribution in [0, 0.1) is 0 Å². The lowest BCUT2D eigenvalue weighted by molar-refractivity contribution is 0.135. The minimum atomic E-state index is -0.554. The molecule has 0 saturated carbocycles. The smallest absolute Gasteiger partial charge is 0.161 e. The fourth-order valence-corrected chi connectivity index (χ4v) is 3.43. The van der Waals surface area contributed by atoms with E-state index in [1.807, 2.05) is 66.9 Å². The molecule has 0 bridgehead atoms. The summed E-state index contributed by atoms with van der Waals surface area (Å²) in [5, 5.41) is 15.9. The topological polar surface area (TPSA) is 50.7 Å². The zero-order valence-electron chi connectivity index (χ0n) is 15.6. The van der Waals surface area contributed by atoms with E-state index in [4.69, 9.17) is 9.47 Å². The van der Waals surface area contributed by atoms with Crippen LogP contribution >= 0.6 is 11.3 Å². The van der Waals surface area contributed by atoms with E-state index in [1.54, 1.807) is 18.4 Å². The van der Waals surface area contributed by atoms with Gasteiger partial charge in [0.15, 0.2) is 11.5 Å². The molecule has 0 radical (unpaired) electrons. The van der Waals surface area contributed by atoms with Gasteiger partial charge in [0, 0.05) is 17.5 Å². The van der Waals surface area contributed by atoms with Crippen molar-refractivity contribution in [3.05, 3.63) is 82.0 Å². The van der Waals surface area contributed by atoms with Crippen LogP contribution in [0.15, 0.2) is 66.0 Å². The average molecular weight is 384 g/mol. The van der Waals surface area contributed by atoms with Gasteiger partial charge in [0.1, 0.15) is 6.61 Å². The molecule has 0 aliphatic rings. The molecule has 2 aromatic carbocycles. The second kappa shape index (κ2) is 9.55. The Morgan fingerprint density at radius 2 is 1.85 bits per heavy atom. The molecule has 0 amide bonds. The van der Waals surface area contributed by atoms with E-state index >= 15 is 0 Å². The van der Waals surface area contributed by atoms with Gasteiger partial charge in [0.25, 0.3) is 0 Å². The zero-order valence-corrected chi connectivity index (χ0v) is 16.4. The molecule has 1 heterocycles. The second-order valence-corrected chi connectivity index (χ2v) is 7.41. The van der Waals surface area contributed by atoms with Crippen molar-refractivity contribution in [1.82, 2.24) is 5.32 Å². The molecule has 0 unspecified atom stereocenters. The van der Waals surface area contributed by atoms with Gasteiger partial charge in [-0.15, -0.1) is 11.3 Å². The zero-order chi connectivity index (χ0) is 19.1. The van der Waals surface area contributed by atoms with Gasteiger partial charge in [-0.3, -0.25) is 0 Å². The van der Waals surface area contributed by atoms with Gasteiger partial charge in [-0.1, -0.05) is 42.5 Å². The monoisotopic (exact) mass is 383 g/mol. The summed E-state index contributed by atoms with van der Waals surface area (Å²) in [7, 11) is 1.65. The number of aliphatic hydroxyl groups excluding tert-OH is 1. The first-order chi connectivity index (χ1) is 13.2. The molecule has 2 atom stereocenters. The highest BCUT2D eigenvalue weighted by atomic mass is 32.1. The number of hydrogen-bond donors (Lipinski definition) is 2. The van der Waals surface area contributed by atoms with Crippen molar-refractivity contribution in [3.8, 4) is 11.5 Å². The van der Waals surface area contributed by atoms with Crippen LogP contribution in [0.2, 0.25) is 0 Å². The van der Waals surface area contributed by atoms with Gasteiger partial charge in [-0.2, -0.15) is 0 Å². The Morgan fingerprint density at radius 1 is 1.04 bits per heavy atom. The van der Waals surface area contributed by atoms with Crippen molar-refractivity contribution < 1.29 is 14.6 Å². The Bertz CT molecular complexity index is 821. The molecule has 142 valence electrons. The Morgan fingerprint density at radius 3 is 2.56 bits per heavy atom. The summed E-state index contributed by atoms with van der Waals surface area (Å²) in [6.07, 6.45) is -0.554. The summed E-state index contributed by atoms with van der Waals surface area (Å²) in [6, 6.07) is 19.6. The fourth-order valence-electron chi connectivity index (χ4n) is 2.81. The molecule has 3 rings (SSSR count). The predicted octanol–water partition coefficient (Wildman–Crippen LogP) is 4.55. The van der Waals surface area contributed by atoms with Crippen LogP contribution in [-0.4, -0.2) is 18.3 Å². The highest BCUT2D eigenvalue weighted by Gasteiger charge is 2.16. The molecule has 3 aromatic rings. The lowest BCUT2D eigenvalue weighted by atomic mass is 10.0. The van der Waals surface area contributed by atoms with Gasteiger partial charge in [0.2, 0.25) is 0 Å². The van der Waals surface area contributed by atoms with Crippen LogP contribution in [-0.2, 0) is 13.2 Å². The maximum Gasteiger partial charge on any atom is 0.161 e. The molecule has 2 N–H and O–H groups in total. The molecule has 0 aliphatic carbocycles. The average Bonchev–Trinajstić information content (AvgIpc) is 3.24. The molecule has 0 saturated heterocycles. The summed E-state index contributed by atoms with van der Waals surface area (Å²) in [6.45, 7) is 3.14. The van der Waals surface area contributed by atoms with E-state index in [0.29, 0.717) is 18.9 Å². The van der Waals surface area contributed by atoms with E-state index in [1.165, 1.54) is 4.88 Å². The first kappa shape index (κ1) is 19.4. The van der Waals surface area contributed by atoms with Crippen molar-refractivity contribution in [2.24, 2.45) is 0 Å². The molecule has 0 spiro atoms. The maximum absolute atomic E-state index is 10.5. The number of rotatable bonds is 9. The number of aliphatic hydroxyl groups is 1. The number of methoxy groups -OCH3 is 1. The van der Waals surface area contributed by atoms with E-state index in [0.717, 1.165) is 16.9 Å². The third-order valence-corrected chi connectivity index (χ3v) is 5.27. The largest absolute Gasteiger partial charge is 0.493 e. The van der Waals surface area contributed by atoms with Crippen molar-refractivity contribution in [3.63, 3.8) is 0 Å². The van der Waals surface area contributed by atoms with Crippen LogP contribution < -0.4 is 14.8 Å². The Balaban J connectivity index is 1.58. The Hall–Kier alpha value is -2.34. The predicted molar refractivity (Wildman–Crippen MR) is 109 cm³/mol. The molecular formula is C22H25NO3S. The number of benzene rings is 2. The van der Waals surface area contributed by atoms with Crippen molar-refractivity contribution in [2.75, 3.05) is 7.11 Å².